The molecule has 0 saturated carbocycles. The molecule has 0 spiro atoms. The third-order valence-electron chi connectivity index (χ3n) is 3.27. The Morgan fingerprint density at radius 2 is 1.72 bits per heavy atom. The molecule has 2 rings (SSSR count). The molecule has 2 N–H and O–H groups in total. The standard InChI is InChI=1S/C16H20N2S.C2H2O4/c1-18(12-10-15-5-3-4-11-17-15)13-14-6-8-16(19-2)9-7-14;3-1(4)2(5)6/h3-9,11H,10,12-13H2,1-2H3;(H,3,4)(H,5,6). The zero-order chi connectivity index (χ0) is 18.7. The van der Waals surface area contributed by atoms with Crippen molar-refractivity contribution in [3.63, 3.8) is 0 Å². The van der Waals surface area contributed by atoms with Gasteiger partial charge in [-0.15, -0.1) is 11.8 Å². The maximum absolute atomic E-state index is 9.10. The van der Waals surface area contributed by atoms with Crippen LogP contribution in [-0.2, 0) is 22.6 Å². The Bertz CT molecular complexity index is 651. The highest BCUT2D eigenvalue weighted by Gasteiger charge is 2.04. The minimum Gasteiger partial charge on any atom is -0.473 e. The van der Waals surface area contributed by atoms with Gasteiger partial charge in [-0.05, 0) is 43.1 Å². The summed E-state index contributed by atoms with van der Waals surface area (Å²) in [5.74, 6) is -3.65. The van der Waals surface area contributed by atoms with Gasteiger partial charge in [0.05, 0.1) is 0 Å². The molecule has 0 aliphatic rings. The van der Waals surface area contributed by atoms with E-state index in [1.807, 2.05) is 18.3 Å². The number of nitrogens with zero attached hydrogens (tertiary/aromatic N) is 2. The first-order chi connectivity index (χ1) is 11.9. The van der Waals surface area contributed by atoms with Gasteiger partial charge in [0.25, 0.3) is 0 Å². The fourth-order valence-electron chi connectivity index (χ4n) is 1.97. The minimum atomic E-state index is -1.82. The summed E-state index contributed by atoms with van der Waals surface area (Å²) in [5, 5.41) is 14.8. The first-order valence-corrected chi connectivity index (χ1v) is 8.82. The summed E-state index contributed by atoms with van der Waals surface area (Å²) in [6.07, 6.45) is 4.96. The molecule has 25 heavy (non-hydrogen) atoms. The number of carbonyl (C=O) groups is 2. The molecule has 0 amide bonds. The molecule has 0 aliphatic heterocycles. The average molecular weight is 362 g/mol. The number of carboxylic acid groups (broad SMARTS) is 2. The largest absolute Gasteiger partial charge is 0.473 e. The van der Waals surface area contributed by atoms with Gasteiger partial charge in [0.15, 0.2) is 0 Å². The van der Waals surface area contributed by atoms with Crippen molar-refractivity contribution in [3.8, 4) is 0 Å². The van der Waals surface area contributed by atoms with E-state index in [1.165, 1.54) is 10.5 Å². The van der Waals surface area contributed by atoms with Crippen LogP contribution in [0.4, 0.5) is 0 Å². The Balaban J connectivity index is 0.000000450. The van der Waals surface area contributed by atoms with E-state index in [-0.39, 0.29) is 0 Å². The molecule has 0 radical (unpaired) electrons. The Kier molecular flexibility index (Phi) is 9.28. The number of aliphatic carboxylic acids is 2. The van der Waals surface area contributed by atoms with E-state index in [1.54, 1.807) is 11.8 Å². The van der Waals surface area contributed by atoms with Gasteiger partial charge in [-0.2, -0.15) is 0 Å². The van der Waals surface area contributed by atoms with E-state index in [9.17, 15) is 0 Å². The van der Waals surface area contributed by atoms with Crippen molar-refractivity contribution in [1.29, 1.82) is 0 Å². The number of rotatable bonds is 6. The Labute approximate surface area is 151 Å². The van der Waals surface area contributed by atoms with Crippen molar-refractivity contribution >= 4 is 23.7 Å². The zero-order valence-corrected chi connectivity index (χ0v) is 15.1. The average Bonchev–Trinajstić information content (AvgIpc) is 2.62. The second kappa shape index (κ2) is 11.2. The smallest absolute Gasteiger partial charge is 0.414 e. The molecule has 0 atom stereocenters. The van der Waals surface area contributed by atoms with Crippen molar-refractivity contribution in [3.05, 3.63) is 59.9 Å². The molecule has 1 aromatic carbocycles. The van der Waals surface area contributed by atoms with Crippen molar-refractivity contribution < 1.29 is 19.8 Å². The van der Waals surface area contributed by atoms with E-state index >= 15 is 0 Å². The molecule has 0 unspecified atom stereocenters. The molecule has 0 bridgehead atoms. The molecule has 2 aromatic rings. The molecule has 1 heterocycles. The summed E-state index contributed by atoms with van der Waals surface area (Å²) in [6, 6.07) is 14.9. The highest BCUT2D eigenvalue weighted by atomic mass is 32.2. The zero-order valence-electron chi connectivity index (χ0n) is 14.3. The number of likely N-dealkylation sites (N-methyl/N-ethyl adjacent to an activating group) is 1. The van der Waals surface area contributed by atoms with E-state index in [4.69, 9.17) is 19.8 Å². The van der Waals surface area contributed by atoms with Gasteiger partial charge in [0.1, 0.15) is 0 Å². The number of pyridine rings is 1. The lowest BCUT2D eigenvalue weighted by Gasteiger charge is -2.16. The maximum atomic E-state index is 9.10. The molecule has 0 fully saturated rings. The SMILES string of the molecule is CSc1ccc(CN(C)CCc2ccccn2)cc1.O=C(O)C(=O)O. The Hall–Kier alpha value is -2.38. The number of aromatic nitrogens is 1. The third-order valence-corrected chi connectivity index (χ3v) is 4.01. The van der Waals surface area contributed by atoms with Crippen LogP contribution in [0.15, 0.2) is 53.6 Å². The summed E-state index contributed by atoms with van der Waals surface area (Å²) in [6.45, 7) is 2.02. The molecular formula is C18H22N2O4S. The summed E-state index contributed by atoms with van der Waals surface area (Å²) < 4.78 is 0. The predicted molar refractivity (Wildman–Crippen MR) is 97.8 cm³/mol. The lowest BCUT2D eigenvalue weighted by molar-refractivity contribution is -0.159. The topological polar surface area (TPSA) is 90.7 Å². The van der Waals surface area contributed by atoms with Crippen molar-refractivity contribution in [2.24, 2.45) is 0 Å². The lowest BCUT2D eigenvalue weighted by Crippen LogP contribution is -2.20. The summed E-state index contributed by atoms with van der Waals surface area (Å²) in [7, 11) is 2.16. The van der Waals surface area contributed by atoms with Crippen molar-refractivity contribution in [1.82, 2.24) is 9.88 Å². The van der Waals surface area contributed by atoms with Crippen LogP contribution in [0, 0.1) is 0 Å². The van der Waals surface area contributed by atoms with E-state index in [0.717, 1.165) is 25.2 Å². The van der Waals surface area contributed by atoms with Crippen LogP contribution in [0.5, 0.6) is 0 Å². The molecule has 134 valence electrons. The summed E-state index contributed by atoms with van der Waals surface area (Å²) >= 11 is 1.78. The quantitative estimate of drug-likeness (QED) is 0.603. The fourth-order valence-corrected chi connectivity index (χ4v) is 2.38. The van der Waals surface area contributed by atoms with Crippen LogP contribution in [-0.4, -0.2) is 51.9 Å². The van der Waals surface area contributed by atoms with E-state index < -0.39 is 11.9 Å². The highest BCUT2D eigenvalue weighted by Crippen LogP contribution is 2.15. The van der Waals surface area contributed by atoms with Gasteiger partial charge in [-0.1, -0.05) is 18.2 Å². The molecular weight excluding hydrogens is 340 g/mol. The molecule has 6 nitrogen and oxygen atoms in total. The highest BCUT2D eigenvalue weighted by molar-refractivity contribution is 7.98. The first-order valence-electron chi connectivity index (χ1n) is 7.60. The molecule has 0 aliphatic carbocycles. The van der Waals surface area contributed by atoms with Gasteiger partial charge in [-0.3, -0.25) is 4.98 Å². The molecule has 1 aromatic heterocycles. The van der Waals surface area contributed by atoms with Gasteiger partial charge in [0.2, 0.25) is 0 Å². The van der Waals surface area contributed by atoms with E-state index in [2.05, 4.69) is 53.5 Å². The molecule has 7 heteroatoms. The lowest BCUT2D eigenvalue weighted by atomic mass is 10.2. The normalized spacial score (nSPS) is 10.0. The maximum Gasteiger partial charge on any atom is 0.414 e. The van der Waals surface area contributed by atoms with Crippen molar-refractivity contribution in [2.45, 2.75) is 17.9 Å². The minimum absolute atomic E-state index is 0.988. The number of hydrogen-bond donors (Lipinski definition) is 2. The number of benzene rings is 1. The second-order valence-corrected chi connectivity index (χ2v) is 6.15. The van der Waals surface area contributed by atoms with Crippen LogP contribution in [0.25, 0.3) is 0 Å². The van der Waals surface area contributed by atoms with Gasteiger partial charge in [0, 0.05) is 36.3 Å². The predicted octanol–water partition coefficient (Wildman–Crippen LogP) is 2.63. The van der Waals surface area contributed by atoms with Gasteiger partial charge in [-0.25, -0.2) is 9.59 Å². The number of carboxylic acids is 2. The van der Waals surface area contributed by atoms with Gasteiger partial charge < -0.3 is 15.1 Å². The summed E-state index contributed by atoms with van der Waals surface area (Å²) in [5.41, 5.74) is 2.52. The number of hydrogen-bond acceptors (Lipinski definition) is 5. The van der Waals surface area contributed by atoms with Crippen LogP contribution in [0.1, 0.15) is 11.3 Å². The molecule has 0 saturated heterocycles. The Morgan fingerprint density at radius 3 is 2.20 bits per heavy atom. The van der Waals surface area contributed by atoms with Gasteiger partial charge >= 0.3 is 11.9 Å². The van der Waals surface area contributed by atoms with Crippen LogP contribution >= 0.6 is 11.8 Å². The first kappa shape index (κ1) is 20.7. The number of thioether (sulfide) groups is 1. The van der Waals surface area contributed by atoms with Crippen molar-refractivity contribution in [2.75, 3.05) is 19.8 Å². The van der Waals surface area contributed by atoms with Crippen LogP contribution < -0.4 is 0 Å². The monoisotopic (exact) mass is 362 g/mol. The van der Waals surface area contributed by atoms with Crippen LogP contribution in [0.3, 0.4) is 0 Å². The summed E-state index contributed by atoms with van der Waals surface area (Å²) in [4.78, 5) is 26.2. The fraction of sp³-hybridized carbons (Fsp3) is 0.278. The second-order valence-electron chi connectivity index (χ2n) is 5.27. The van der Waals surface area contributed by atoms with E-state index in [0.29, 0.717) is 0 Å². The third kappa shape index (κ3) is 8.88. The Morgan fingerprint density at radius 1 is 1.08 bits per heavy atom. The van der Waals surface area contributed by atoms with Crippen LogP contribution in [0.2, 0.25) is 0 Å².